The molecule has 0 fully saturated rings. The van der Waals surface area contributed by atoms with Gasteiger partial charge in [-0.3, -0.25) is 14.5 Å². The first kappa shape index (κ1) is 16.6. The lowest BCUT2D eigenvalue weighted by Crippen LogP contribution is -2.31. The molecule has 0 saturated carbocycles. The van der Waals surface area contributed by atoms with Crippen molar-refractivity contribution < 1.29 is 9.59 Å². The minimum Gasteiger partial charge on any atom is -0.274 e. The van der Waals surface area contributed by atoms with Gasteiger partial charge in [0, 0.05) is 11.4 Å². The van der Waals surface area contributed by atoms with E-state index in [0.717, 1.165) is 24.1 Å². The summed E-state index contributed by atoms with van der Waals surface area (Å²) in [6.07, 6.45) is 7.68. The second-order valence-electron chi connectivity index (χ2n) is 5.46. The summed E-state index contributed by atoms with van der Waals surface area (Å²) in [6, 6.07) is 0. The molecule has 0 saturated heterocycles. The Bertz CT molecular complexity index is 537. The highest BCUT2D eigenvalue weighted by molar-refractivity contribution is 7.83. The van der Waals surface area contributed by atoms with Gasteiger partial charge in [0.1, 0.15) is 0 Å². The zero-order valence-corrected chi connectivity index (χ0v) is 14.5. The molecule has 0 atom stereocenters. The maximum absolute atomic E-state index is 12.4. The summed E-state index contributed by atoms with van der Waals surface area (Å²) in [5.74, 6) is -0.263. The van der Waals surface area contributed by atoms with Gasteiger partial charge in [0.25, 0.3) is 11.8 Å². The van der Waals surface area contributed by atoms with Crippen LogP contribution in [0.4, 0.5) is 0 Å². The van der Waals surface area contributed by atoms with Gasteiger partial charge < -0.3 is 0 Å². The number of amides is 2. The van der Waals surface area contributed by atoms with Gasteiger partial charge in [-0.2, -0.15) is 0 Å². The molecule has 1 aromatic rings. The van der Waals surface area contributed by atoms with Crippen LogP contribution in [0, 0.1) is 0 Å². The van der Waals surface area contributed by atoms with E-state index in [1.54, 1.807) is 0 Å². The predicted octanol–water partition coefficient (Wildman–Crippen LogP) is 4.56. The zero-order chi connectivity index (χ0) is 15.4. The molecule has 0 spiro atoms. The van der Waals surface area contributed by atoms with E-state index in [9.17, 15) is 9.59 Å². The third-order valence-corrected chi connectivity index (χ3v) is 5.57. The molecule has 0 bridgehead atoms. The van der Waals surface area contributed by atoms with Crippen LogP contribution in [-0.2, 0) is 6.42 Å². The average Bonchev–Trinajstić information content (AvgIpc) is 2.93. The van der Waals surface area contributed by atoms with E-state index in [-0.39, 0.29) is 11.8 Å². The summed E-state index contributed by atoms with van der Waals surface area (Å²) < 4.78 is 0.686. The van der Waals surface area contributed by atoms with Crippen LogP contribution < -0.4 is 0 Å². The first-order valence-electron chi connectivity index (χ1n) is 7.82. The summed E-state index contributed by atoms with van der Waals surface area (Å²) in [5, 5.41) is 0. The molecule has 0 aliphatic carbocycles. The molecule has 2 heterocycles. The second kappa shape index (κ2) is 7.45. The van der Waals surface area contributed by atoms with Crippen molar-refractivity contribution in [2.45, 2.75) is 63.0 Å². The van der Waals surface area contributed by atoms with Gasteiger partial charge in [-0.05, 0) is 12.8 Å². The Hall–Kier alpha value is -0.810. The second-order valence-corrected chi connectivity index (χ2v) is 7.32. The Labute approximate surface area is 136 Å². The molecule has 0 N–H and O–H groups in total. The van der Waals surface area contributed by atoms with Crippen LogP contribution in [0.5, 0.6) is 0 Å². The molecule has 2 rings (SSSR count). The van der Waals surface area contributed by atoms with E-state index in [2.05, 4.69) is 19.6 Å². The SMILES string of the molecule is CCCCCCCCN1C(=O)c2c(S)sc(CC)c2C1=O. The van der Waals surface area contributed by atoms with Gasteiger partial charge in [-0.25, -0.2) is 0 Å². The highest BCUT2D eigenvalue weighted by Crippen LogP contribution is 2.38. The summed E-state index contributed by atoms with van der Waals surface area (Å²) in [5.41, 5.74) is 1.15. The fourth-order valence-corrected chi connectivity index (χ4v) is 4.25. The first-order valence-corrected chi connectivity index (χ1v) is 9.09. The quantitative estimate of drug-likeness (QED) is 0.432. The number of unbranched alkanes of at least 4 members (excludes halogenated alkanes) is 5. The minimum absolute atomic E-state index is 0.114. The van der Waals surface area contributed by atoms with Crippen LogP contribution in [0.1, 0.15) is 78.0 Å². The van der Waals surface area contributed by atoms with Gasteiger partial charge in [0.2, 0.25) is 0 Å². The van der Waals surface area contributed by atoms with Crippen LogP contribution in [0.25, 0.3) is 0 Å². The standard InChI is InChI=1S/C16H23NO2S2/c1-3-5-6-7-8-9-10-17-14(18)12-11(4-2)21-16(20)13(12)15(17)19/h20H,3-10H2,1-2H3. The van der Waals surface area contributed by atoms with Crippen molar-refractivity contribution in [2.24, 2.45) is 0 Å². The van der Waals surface area contributed by atoms with Gasteiger partial charge in [-0.15, -0.1) is 24.0 Å². The number of fused-ring (bicyclic) bond motifs is 1. The largest absolute Gasteiger partial charge is 0.274 e. The summed E-state index contributed by atoms with van der Waals surface area (Å²) in [7, 11) is 0. The van der Waals surface area contributed by atoms with Crippen molar-refractivity contribution in [3.63, 3.8) is 0 Å². The van der Waals surface area contributed by atoms with Crippen molar-refractivity contribution in [2.75, 3.05) is 6.54 Å². The number of aryl methyl sites for hydroxylation is 1. The van der Waals surface area contributed by atoms with E-state index in [0.29, 0.717) is 21.9 Å². The Morgan fingerprint density at radius 1 is 0.952 bits per heavy atom. The number of hydrogen-bond acceptors (Lipinski definition) is 4. The molecule has 0 aromatic carbocycles. The molecule has 0 radical (unpaired) electrons. The van der Waals surface area contributed by atoms with Crippen molar-refractivity contribution in [3.05, 3.63) is 16.0 Å². The van der Waals surface area contributed by atoms with Crippen molar-refractivity contribution in [1.82, 2.24) is 4.90 Å². The number of thiol groups is 1. The number of hydrogen-bond donors (Lipinski definition) is 1. The summed E-state index contributed by atoms with van der Waals surface area (Å²) in [6.45, 7) is 4.74. The number of nitrogens with zero attached hydrogens (tertiary/aromatic N) is 1. The van der Waals surface area contributed by atoms with Crippen molar-refractivity contribution in [1.29, 1.82) is 0 Å². The van der Waals surface area contributed by atoms with E-state index in [1.807, 2.05) is 6.92 Å². The topological polar surface area (TPSA) is 37.4 Å². The molecule has 1 aliphatic heterocycles. The summed E-state index contributed by atoms with van der Waals surface area (Å²) in [4.78, 5) is 27.2. The minimum atomic E-state index is -0.149. The predicted molar refractivity (Wildman–Crippen MR) is 89.7 cm³/mol. The van der Waals surface area contributed by atoms with Gasteiger partial charge in [0.15, 0.2) is 0 Å². The number of thiophene rings is 1. The van der Waals surface area contributed by atoms with E-state index >= 15 is 0 Å². The fourth-order valence-electron chi connectivity index (χ4n) is 2.75. The maximum Gasteiger partial charge on any atom is 0.263 e. The Balaban J connectivity index is 1.95. The Morgan fingerprint density at radius 3 is 2.24 bits per heavy atom. The molecular weight excluding hydrogens is 302 g/mol. The zero-order valence-electron chi connectivity index (χ0n) is 12.8. The number of carbonyl (C=O) groups is 2. The lowest BCUT2D eigenvalue weighted by atomic mass is 10.1. The van der Waals surface area contributed by atoms with Gasteiger partial charge in [0.05, 0.1) is 15.3 Å². The highest BCUT2D eigenvalue weighted by atomic mass is 32.2. The van der Waals surface area contributed by atoms with Gasteiger partial charge >= 0.3 is 0 Å². The normalized spacial score (nSPS) is 14.1. The molecule has 3 nitrogen and oxygen atoms in total. The van der Waals surface area contributed by atoms with E-state index in [4.69, 9.17) is 0 Å². The van der Waals surface area contributed by atoms with Crippen LogP contribution in [0.2, 0.25) is 0 Å². The summed E-state index contributed by atoms with van der Waals surface area (Å²) >= 11 is 5.83. The third kappa shape index (κ3) is 3.34. The number of carbonyl (C=O) groups excluding carboxylic acids is 2. The Kier molecular flexibility index (Phi) is 5.88. The highest BCUT2D eigenvalue weighted by Gasteiger charge is 2.40. The molecule has 1 aliphatic rings. The van der Waals surface area contributed by atoms with Crippen LogP contribution in [-0.4, -0.2) is 23.3 Å². The lowest BCUT2D eigenvalue weighted by molar-refractivity contribution is 0.0650. The molecule has 116 valence electrons. The molecule has 0 unspecified atom stereocenters. The van der Waals surface area contributed by atoms with Crippen molar-refractivity contribution in [3.8, 4) is 0 Å². The molecular formula is C16H23NO2S2. The number of imide groups is 1. The molecule has 1 aromatic heterocycles. The molecule has 21 heavy (non-hydrogen) atoms. The smallest absolute Gasteiger partial charge is 0.263 e. The third-order valence-electron chi connectivity index (χ3n) is 3.94. The first-order chi connectivity index (χ1) is 10.1. The van der Waals surface area contributed by atoms with Gasteiger partial charge in [-0.1, -0.05) is 46.0 Å². The number of rotatable bonds is 8. The Morgan fingerprint density at radius 2 is 1.57 bits per heavy atom. The average molecular weight is 325 g/mol. The monoisotopic (exact) mass is 325 g/mol. The van der Waals surface area contributed by atoms with Crippen LogP contribution >= 0.6 is 24.0 Å². The van der Waals surface area contributed by atoms with Crippen LogP contribution in [0.3, 0.4) is 0 Å². The van der Waals surface area contributed by atoms with E-state index < -0.39 is 0 Å². The van der Waals surface area contributed by atoms with Crippen LogP contribution in [0.15, 0.2) is 4.21 Å². The fraction of sp³-hybridized carbons (Fsp3) is 0.625. The van der Waals surface area contributed by atoms with Crippen molar-refractivity contribution >= 4 is 35.8 Å². The van der Waals surface area contributed by atoms with E-state index in [1.165, 1.54) is 41.9 Å². The lowest BCUT2D eigenvalue weighted by Gasteiger charge is -2.14. The maximum atomic E-state index is 12.4. The molecule has 2 amide bonds. The molecule has 5 heteroatoms.